The fraction of sp³-hybridized carbons (Fsp3) is 0.733. The number of methoxy groups -OCH3 is 1. The van der Waals surface area contributed by atoms with Crippen molar-refractivity contribution in [2.24, 2.45) is 0 Å². The van der Waals surface area contributed by atoms with Gasteiger partial charge >= 0.3 is 0 Å². The van der Waals surface area contributed by atoms with E-state index in [0.717, 1.165) is 37.2 Å². The number of ether oxygens (including phenoxy) is 1. The lowest BCUT2D eigenvalue weighted by molar-refractivity contribution is 0.0681. The van der Waals surface area contributed by atoms with Crippen LogP contribution in [0.5, 0.6) is 0 Å². The SMILES string of the molecule is CO[C@H]1CC[C@@H](Nc2cc(C(C)(C)C)ncn2)CC1. The third kappa shape index (κ3) is 3.90. The molecule has 2 rings (SSSR count). The van der Waals surface area contributed by atoms with E-state index in [1.807, 2.05) is 0 Å². The van der Waals surface area contributed by atoms with Crippen molar-refractivity contribution in [2.45, 2.75) is 64.0 Å². The highest BCUT2D eigenvalue weighted by molar-refractivity contribution is 5.37. The minimum absolute atomic E-state index is 0.0626. The molecule has 4 nitrogen and oxygen atoms in total. The summed E-state index contributed by atoms with van der Waals surface area (Å²) in [7, 11) is 1.80. The van der Waals surface area contributed by atoms with Crippen molar-refractivity contribution >= 4 is 5.82 Å². The molecular weight excluding hydrogens is 238 g/mol. The molecule has 0 saturated heterocycles. The average Bonchev–Trinajstić information content (AvgIpc) is 2.39. The first-order valence-electron chi connectivity index (χ1n) is 7.11. The molecule has 4 heteroatoms. The maximum atomic E-state index is 5.40. The molecule has 1 heterocycles. The fourth-order valence-corrected chi connectivity index (χ4v) is 2.50. The van der Waals surface area contributed by atoms with Gasteiger partial charge in [-0.05, 0) is 25.7 Å². The Morgan fingerprint density at radius 3 is 2.42 bits per heavy atom. The van der Waals surface area contributed by atoms with Crippen LogP contribution in [0.3, 0.4) is 0 Å². The number of hydrogen-bond acceptors (Lipinski definition) is 4. The van der Waals surface area contributed by atoms with Crippen LogP contribution in [0.4, 0.5) is 5.82 Å². The quantitative estimate of drug-likeness (QED) is 0.910. The second kappa shape index (κ2) is 5.87. The van der Waals surface area contributed by atoms with E-state index in [2.05, 4.69) is 42.1 Å². The van der Waals surface area contributed by atoms with Gasteiger partial charge in [-0.1, -0.05) is 20.8 Å². The summed E-state index contributed by atoms with van der Waals surface area (Å²) in [5, 5.41) is 3.53. The average molecular weight is 263 g/mol. The standard InChI is InChI=1S/C15H25N3O/c1-15(2,3)13-9-14(17-10-16-13)18-11-5-7-12(19-4)8-6-11/h9-12H,5-8H2,1-4H3,(H,16,17,18)/t11-,12+. The Labute approximate surface area is 116 Å². The van der Waals surface area contributed by atoms with Gasteiger partial charge in [0.15, 0.2) is 0 Å². The first-order chi connectivity index (χ1) is 8.99. The Morgan fingerprint density at radius 2 is 1.84 bits per heavy atom. The zero-order valence-electron chi connectivity index (χ0n) is 12.4. The number of rotatable bonds is 3. The van der Waals surface area contributed by atoms with E-state index < -0.39 is 0 Å². The number of aromatic nitrogens is 2. The van der Waals surface area contributed by atoms with Crippen molar-refractivity contribution < 1.29 is 4.74 Å². The Hall–Kier alpha value is -1.16. The van der Waals surface area contributed by atoms with Crippen LogP contribution in [0.2, 0.25) is 0 Å². The lowest BCUT2D eigenvalue weighted by Gasteiger charge is -2.28. The van der Waals surface area contributed by atoms with Crippen LogP contribution in [0.25, 0.3) is 0 Å². The molecule has 1 N–H and O–H groups in total. The summed E-state index contributed by atoms with van der Waals surface area (Å²) in [5.74, 6) is 0.945. The van der Waals surface area contributed by atoms with Gasteiger partial charge in [0.2, 0.25) is 0 Å². The lowest BCUT2D eigenvalue weighted by atomic mass is 9.91. The molecule has 0 unspecified atom stereocenters. The molecule has 0 aliphatic heterocycles. The molecule has 1 aliphatic rings. The maximum absolute atomic E-state index is 5.40. The highest BCUT2D eigenvalue weighted by atomic mass is 16.5. The van der Waals surface area contributed by atoms with Crippen molar-refractivity contribution in [3.8, 4) is 0 Å². The Balaban J connectivity index is 1.97. The van der Waals surface area contributed by atoms with Crippen LogP contribution in [0.15, 0.2) is 12.4 Å². The summed E-state index contributed by atoms with van der Waals surface area (Å²) >= 11 is 0. The Morgan fingerprint density at radius 1 is 1.16 bits per heavy atom. The Kier molecular flexibility index (Phi) is 4.40. The van der Waals surface area contributed by atoms with Crippen LogP contribution in [0.1, 0.15) is 52.1 Å². The van der Waals surface area contributed by atoms with Crippen molar-refractivity contribution in [3.63, 3.8) is 0 Å². The maximum Gasteiger partial charge on any atom is 0.129 e. The molecule has 1 fully saturated rings. The van der Waals surface area contributed by atoms with Crippen LogP contribution in [-0.4, -0.2) is 29.2 Å². The molecular formula is C15H25N3O. The van der Waals surface area contributed by atoms with E-state index >= 15 is 0 Å². The second-order valence-electron chi connectivity index (χ2n) is 6.39. The van der Waals surface area contributed by atoms with Crippen LogP contribution < -0.4 is 5.32 Å². The molecule has 106 valence electrons. The molecule has 0 bridgehead atoms. The van der Waals surface area contributed by atoms with Crippen LogP contribution >= 0.6 is 0 Å². The van der Waals surface area contributed by atoms with E-state index in [1.54, 1.807) is 13.4 Å². The molecule has 0 spiro atoms. The summed E-state index contributed by atoms with van der Waals surface area (Å²) in [6.07, 6.45) is 6.65. The van der Waals surface area contributed by atoms with Gasteiger partial charge in [0.05, 0.1) is 11.8 Å². The van der Waals surface area contributed by atoms with E-state index in [1.165, 1.54) is 0 Å². The highest BCUT2D eigenvalue weighted by Crippen LogP contribution is 2.25. The second-order valence-corrected chi connectivity index (χ2v) is 6.39. The summed E-state index contributed by atoms with van der Waals surface area (Å²) < 4.78 is 5.40. The molecule has 0 aromatic carbocycles. The fourth-order valence-electron chi connectivity index (χ4n) is 2.50. The monoisotopic (exact) mass is 263 g/mol. The van der Waals surface area contributed by atoms with Crippen LogP contribution in [-0.2, 0) is 10.2 Å². The van der Waals surface area contributed by atoms with Gasteiger partial charge in [-0.15, -0.1) is 0 Å². The summed E-state index contributed by atoms with van der Waals surface area (Å²) in [6.45, 7) is 6.51. The summed E-state index contributed by atoms with van der Waals surface area (Å²) in [4.78, 5) is 8.69. The summed E-state index contributed by atoms with van der Waals surface area (Å²) in [5.41, 5.74) is 1.14. The highest BCUT2D eigenvalue weighted by Gasteiger charge is 2.22. The lowest BCUT2D eigenvalue weighted by Crippen LogP contribution is -2.29. The smallest absolute Gasteiger partial charge is 0.129 e. The van der Waals surface area contributed by atoms with Crippen molar-refractivity contribution in [1.82, 2.24) is 9.97 Å². The summed E-state index contributed by atoms with van der Waals surface area (Å²) in [6, 6.07) is 2.58. The molecule has 0 amide bonds. The van der Waals surface area contributed by atoms with Gasteiger partial charge in [0.25, 0.3) is 0 Å². The molecule has 0 atom stereocenters. The largest absolute Gasteiger partial charge is 0.381 e. The van der Waals surface area contributed by atoms with Crippen molar-refractivity contribution in [3.05, 3.63) is 18.1 Å². The minimum Gasteiger partial charge on any atom is -0.381 e. The van der Waals surface area contributed by atoms with Gasteiger partial charge in [0.1, 0.15) is 12.1 Å². The zero-order valence-corrected chi connectivity index (χ0v) is 12.4. The molecule has 1 aromatic heterocycles. The number of anilines is 1. The Bertz CT molecular complexity index is 406. The van der Waals surface area contributed by atoms with Gasteiger partial charge < -0.3 is 10.1 Å². The first kappa shape index (κ1) is 14.3. The number of nitrogens with one attached hydrogen (secondary N) is 1. The minimum atomic E-state index is 0.0626. The van der Waals surface area contributed by atoms with Gasteiger partial charge in [0, 0.05) is 24.6 Å². The van der Waals surface area contributed by atoms with E-state index in [0.29, 0.717) is 12.1 Å². The molecule has 0 radical (unpaired) electrons. The molecule has 1 aromatic rings. The van der Waals surface area contributed by atoms with Gasteiger partial charge in [-0.25, -0.2) is 9.97 Å². The van der Waals surface area contributed by atoms with Gasteiger partial charge in [-0.3, -0.25) is 0 Å². The molecule has 1 saturated carbocycles. The molecule has 1 aliphatic carbocycles. The van der Waals surface area contributed by atoms with Crippen molar-refractivity contribution in [1.29, 1.82) is 0 Å². The number of hydrogen-bond donors (Lipinski definition) is 1. The van der Waals surface area contributed by atoms with E-state index in [-0.39, 0.29) is 5.41 Å². The van der Waals surface area contributed by atoms with Crippen molar-refractivity contribution in [2.75, 3.05) is 12.4 Å². The number of nitrogens with zero attached hydrogens (tertiary/aromatic N) is 2. The third-order valence-corrected chi connectivity index (χ3v) is 3.80. The predicted molar refractivity (Wildman–Crippen MR) is 77.4 cm³/mol. The predicted octanol–water partition coefficient (Wildman–Crippen LogP) is 3.14. The first-order valence-corrected chi connectivity index (χ1v) is 7.11. The zero-order chi connectivity index (χ0) is 13.9. The molecule has 19 heavy (non-hydrogen) atoms. The normalized spacial score (nSPS) is 24.2. The van der Waals surface area contributed by atoms with Crippen LogP contribution in [0, 0.1) is 0 Å². The third-order valence-electron chi connectivity index (χ3n) is 3.80. The van der Waals surface area contributed by atoms with E-state index in [4.69, 9.17) is 4.74 Å². The topological polar surface area (TPSA) is 47.0 Å². The van der Waals surface area contributed by atoms with Gasteiger partial charge in [-0.2, -0.15) is 0 Å². The van der Waals surface area contributed by atoms with E-state index in [9.17, 15) is 0 Å².